The van der Waals surface area contributed by atoms with Crippen LogP contribution in [0.4, 0.5) is 0 Å². The molecule has 2 aromatic carbocycles. The van der Waals surface area contributed by atoms with Crippen LogP contribution in [0.25, 0.3) is 0 Å². The lowest BCUT2D eigenvalue weighted by Gasteiger charge is -2.14. The maximum atomic E-state index is 12.4. The number of carbonyl (C=O) groups excluding carboxylic acids is 1. The van der Waals surface area contributed by atoms with Gasteiger partial charge in [0.05, 0.1) is 7.11 Å². The number of benzene rings is 2. The highest BCUT2D eigenvalue weighted by Gasteiger charge is 2.20. The minimum absolute atomic E-state index is 0.0683. The fourth-order valence-corrected chi connectivity index (χ4v) is 3.30. The van der Waals surface area contributed by atoms with Gasteiger partial charge >= 0.3 is 0 Å². The van der Waals surface area contributed by atoms with Crippen LogP contribution in [0, 0.1) is 0 Å². The molecular formula is C18H22N2O4S. The topological polar surface area (TPSA) is 84.5 Å². The molecule has 0 spiro atoms. The van der Waals surface area contributed by atoms with Crippen LogP contribution in [0.3, 0.4) is 0 Å². The summed E-state index contributed by atoms with van der Waals surface area (Å²) in [4.78, 5) is 12.3. The molecule has 0 bridgehead atoms. The third kappa shape index (κ3) is 4.58. The molecule has 7 heteroatoms. The average molecular weight is 362 g/mol. The lowest BCUT2D eigenvalue weighted by molar-refractivity contribution is 0.0951. The molecule has 25 heavy (non-hydrogen) atoms. The highest BCUT2D eigenvalue weighted by atomic mass is 32.2. The van der Waals surface area contributed by atoms with Crippen molar-refractivity contribution in [1.82, 2.24) is 10.0 Å². The van der Waals surface area contributed by atoms with E-state index in [9.17, 15) is 13.2 Å². The highest BCUT2D eigenvalue weighted by molar-refractivity contribution is 7.89. The molecule has 0 saturated heterocycles. The number of hydrogen-bond acceptors (Lipinski definition) is 4. The first-order valence-corrected chi connectivity index (χ1v) is 9.32. The number of carbonyl (C=O) groups is 1. The highest BCUT2D eigenvalue weighted by Crippen LogP contribution is 2.24. The summed E-state index contributed by atoms with van der Waals surface area (Å²) in [6.07, 6.45) is 0. The summed E-state index contributed by atoms with van der Waals surface area (Å²) in [5, 5.41) is 2.84. The zero-order valence-corrected chi connectivity index (χ0v) is 15.3. The van der Waals surface area contributed by atoms with E-state index < -0.39 is 10.0 Å². The molecule has 0 aliphatic heterocycles. The molecule has 0 heterocycles. The van der Waals surface area contributed by atoms with Gasteiger partial charge in [0, 0.05) is 12.1 Å². The Kier molecular flexibility index (Phi) is 6.17. The lowest BCUT2D eigenvalue weighted by Crippen LogP contribution is -2.28. The fraction of sp³-hybridized carbons (Fsp3) is 0.278. The molecule has 0 fully saturated rings. The van der Waals surface area contributed by atoms with Crippen LogP contribution < -0.4 is 14.8 Å². The van der Waals surface area contributed by atoms with E-state index in [1.54, 1.807) is 0 Å². The average Bonchev–Trinajstić information content (AvgIpc) is 2.65. The zero-order valence-electron chi connectivity index (χ0n) is 14.4. The normalized spacial score (nSPS) is 12.4. The predicted octanol–water partition coefficient (Wildman–Crippen LogP) is 2.14. The molecule has 1 unspecified atom stereocenters. The quantitative estimate of drug-likeness (QED) is 0.790. The van der Waals surface area contributed by atoms with Gasteiger partial charge in [0.25, 0.3) is 5.91 Å². The largest absolute Gasteiger partial charge is 0.495 e. The van der Waals surface area contributed by atoms with Gasteiger partial charge in [-0.3, -0.25) is 4.79 Å². The summed E-state index contributed by atoms with van der Waals surface area (Å²) in [5.74, 6) is -0.00884. The number of sulfonamides is 1. The second kappa shape index (κ2) is 8.13. The van der Waals surface area contributed by atoms with E-state index >= 15 is 0 Å². The van der Waals surface area contributed by atoms with E-state index in [1.165, 1.54) is 32.4 Å². The van der Waals surface area contributed by atoms with Crippen molar-refractivity contribution in [2.24, 2.45) is 0 Å². The van der Waals surface area contributed by atoms with Crippen LogP contribution in [-0.2, 0) is 10.0 Å². The van der Waals surface area contributed by atoms with Gasteiger partial charge in [0.2, 0.25) is 10.0 Å². The molecular weight excluding hydrogens is 340 g/mol. The molecule has 0 aliphatic rings. The van der Waals surface area contributed by atoms with Crippen molar-refractivity contribution >= 4 is 15.9 Å². The minimum Gasteiger partial charge on any atom is -0.495 e. The summed E-state index contributed by atoms with van der Waals surface area (Å²) >= 11 is 0. The maximum Gasteiger partial charge on any atom is 0.251 e. The van der Waals surface area contributed by atoms with Gasteiger partial charge in [-0.15, -0.1) is 0 Å². The van der Waals surface area contributed by atoms with Gasteiger partial charge in [0.1, 0.15) is 10.6 Å². The smallest absolute Gasteiger partial charge is 0.251 e. The Hall–Kier alpha value is -2.38. The summed E-state index contributed by atoms with van der Waals surface area (Å²) in [5.41, 5.74) is 1.38. The first-order chi connectivity index (χ1) is 11.9. The lowest BCUT2D eigenvalue weighted by atomic mass is 10.0. The summed E-state index contributed by atoms with van der Waals surface area (Å²) in [6.45, 7) is 2.46. The van der Waals surface area contributed by atoms with Crippen molar-refractivity contribution < 1.29 is 17.9 Å². The van der Waals surface area contributed by atoms with Gasteiger partial charge < -0.3 is 10.1 Å². The molecule has 0 saturated carbocycles. The van der Waals surface area contributed by atoms with Crippen molar-refractivity contribution in [2.45, 2.75) is 17.7 Å². The number of amides is 1. The van der Waals surface area contributed by atoms with Gasteiger partial charge in [0.15, 0.2) is 0 Å². The second-order valence-electron chi connectivity index (χ2n) is 5.59. The van der Waals surface area contributed by atoms with Gasteiger partial charge in [-0.05, 0) is 36.7 Å². The van der Waals surface area contributed by atoms with Crippen molar-refractivity contribution in [3.63, 3.8) is 0 Å². The molecule has 1 atom stereocenters. The summed E-state index contributed by atoms with van der Waals surface area (Å²) in [6, 6.07) is 14.2. The Morgan fingerprint density at radius 2 is 1.84 bits per heavy atom. The number of hydrogen-bond donors (Lipinski definition) is 2. The molecule has 134 valence electrons. The maximum absolute atomic E-state index is 12.4. The number of nitrogens with one attached hydrogen (secondary N) is 2. The summed E-state index contributed by atoms with van der Waals surface area (Å²) in [7, 11) is -1.04. The van der Waals surface area contributed by atoms with Crippen molar-refractivity contribution in [1.29, 1.82) is 0 Å². The molecule has 2 aromatic rings. The second-order valence-corrected chi connectivity index (χ2v) is 7.45. The van der Waals surface area contributed by atoms with Gasteiger partial charge in [-0.2, -0.15) is 0 Å². The van der Waals surface area contributed by atoms with Crippen LogP contribution in [0.5, 0.6) is 5.75 Å². The van der Waals surface area contributed by atoms with Gasteiger partial charge in [-0.25, -0.2) is 13.1 Å². The Morgan fingerprint density at radius 1 is 1.16 bits per heavy atom. The monoisotopic (exact) mass is 362 g/mol. The zero-order chi connectivity index (χ0) is 18.4. The van der Waals surface area contributed by atoms with Crippen molar-refractivity contribution in [3.8, 4) is 5.75 Å². The number of ether oxygens (including phenoxy) is 1. The molecule has 0 radical (unpaired) electrons. The molecule has 0 aromatic heterocycles. The van der Waals surface area contributed by atoms with E-state index in [4.69, 9.17) is 4.74 Å². The third-order valence-electron chi connectivity index (χ3n) is 3.92. The van der Waals surface area contributed by atoms with Crippen LogP contribution in [0.2, 0.25) is 0 Å². The Labute approximate surface area is 148 Å². The number of methoxy groups -OCH3 is 1. The standard InChI is InChI=1S/C18H22N2O4S/c1-13(14-7-5-4-6-8-14)12-20-18(21)15-9-10-16(24-3)17(11-15)25(22,23)19-2/h4-11,13,19H,12H2,1-3H3,(H,20,21). The molecule has 0 aliphatic carbocycles. The third-order valence-corrected chi connectivity index (χ3v) is 5.36. The van der Waals surface area contributed by atoms with Gasteiger partial charge in [-0.1, -0.05) is 37.3 Å². The molecule has 1 amide bonds. The Bertz CT molecular complexity index is 835. The minimum atomic E-state index is -3.73. The van der Waals surface area contributed by atoms with Crippen LogP contribution >= 0.6 is 0 Å². The molecule has 2 N–H and O–H groups in total. The first-order valence-electron chi connectivity index (χ1n) is 7.83. The fourth-order valence-electron chi connectivity index (χ4n) is 2.39. The van der Waals surface area contributed by atoms with Crippen molar-refractivity contribution in [2.75, 3.05) is 20.7 Å². The molecule has 6 nitrogen and oxygen atoms in total. The van der Waals surface area contributed by atoms with E-state index in [1.807, 2.05) is 37.3 Å². The van der Waals surface area contributed by atoms with E-state index in [0.29, 0.717) is 6.54 Å². The SMILES string of the molecule is CNS(=O)(=O)c1cc(C(=O)NCC(C)c2ccccc2)ccc1OC. The number of rotatable bonds is 7. The van der Waals surface area contributed by atoms with E-state index in [0.717, 1.165) is 5.56 Å². The Morgan fingerprint density at radius 3 is 2.44 bits per heavy atom. The summed E-state index contributed by atoms with van der Waals surface area (Å²) < 4.78 is 31.5. The Balaban J connectivity index is 2.16. The predicted molar refractivity (Wildman–Crippen MR) is 96.4 cm³/mol. The van der Waals surface area contributed by atoms with Crippen LogP contribution in [0.1, 0.15) is 28.8 Å². The van der Waals surface area contributed by atoms with Crippen molar-refractivity contribution in [3.05, 3.63) is 59.7 Å². The van der Waals surface area contributed by atoms with E-state index in [-0.39, 0.29) is 28.0 Å². The van der Waals surface area contributed by atoms with Crippen LogP contribution in [0.15, 0.2) is 53.4 Å². The van der Waals surface area contributed by atoms with E-state index in [2.05, 4.69) is 10.0 Å². The molecule has 2 rings (SSSR count). The van der Waals surface area contributed by atoms with Crippen LogP contribution in [-0.4, -0.2) is 35.0 Å². The first kappa shape index (κ1) is 19.0.